The Kier molecular flexibility index (Phi) is 8.75. The lowest BCUT2D eigenvalue weighted by molar-refractivity contribution is -0.137. The minimum atomic E-state index is -4.61. The van der Waals surface area contributed by atoms with E-state index in [-0.39, 0.29) is 17.4 Å². The minimum Gasteiger partial charge on any atom is -0.491 e. The maximum Gasteiger partial charge on any atom is 0.416 e. The van der Waals surface area contributed by atoms with Gasteiger partial charge >= 0.3 is 12.1 Å². The summed E-state index contributed by atoms with van der Waals surface area (Å²) in [6.07, 6.45) is -1.30. The van der Waals surface area contributed by atoms with Gasteiger partial charge in [-0.25, -0.2) is 4.79 Å². The summed E-state index contributed by atoms with van der Waals surface area (Å²) >= 11 is 0. The second-order valence-electron chi connectivity index (χ2n) is 8.46. The Hall–Kier alpha value is -4.18. The first-order valence-electron chi connectivity index (χ1n) is 11.9. The number of alkyl halides is 3. The molecule has 1 amide bonds. The van der Waals surface area contributed by atoms with Gasteiger partial charge in [0.05, 0.1) is 29.1 Å². The fraction of sp³-hybridized carbons (Fsp3) is 0.250. The first kappa shape index (κ1) is 26.9. The topological polar surface area (TPSA) is 77.4 Å². The second kappa shape index (κ2) is 12.4. The van der Waals surface area contributed by atoms with E-state index in [0.717, 1.165) is 36.6 Å². The number of hydrogen-bond donors (Lipinski definition) is 0. The molecule has 0 saturated carbocycles. The number of halogens is 3. The molecule has 10 heteroatoms. The zero-order valence-corrected chi connectivity index (χ0v) is 20.3. The third-order valence-electron chi connectivity index (χ3n) is 5.65. The van der Waals surface area contributed by atoms with Crippen LogP contribution in [0.1, 0.15) is 34.3 Å². The molecule has 1 atom stereocenters. The average molecular weight is 527 g/mol. The van der Waals surface area contributed by atoms with Crippen molar-refractivity contribution in [1.29, 1.82) is 0 Å². The highest BCUT2D eigenvalue weighted by atomic mass is 19.4. The maximum absolute atomic E-state index is 13.3. The van der Waals surface area contributed by atoms with Crippen LogP contribution in [0.3, 0.4) is 0 Å². The van der Waals surface area contributed by atoms with Crippen LogP contribution in [0.15, 0.2) is 84.0 Å². The van der Waals surface area contributed by atoms with Gasteiger partial charge in [-0.3, -0.25) is 4.79 Å². The predicted octanol–water partition coefficient (Wildman–Crippen LogP) is 5.49. The van der Waals surface area contributed by atoms with Crippen molar-refractivity contribution >= 4 is 23.8 Å². The van der Waals surface area contributed by atoms with E-state index in [9.17, 15) is 22.8 Å². The Morgan fingerprint density at radius 3 is 2.47 bits per heavy atom. The van der Waals surface area contributed by atoms with Crippen LogP contribution in [0, 0.1) is 0 Å². The molecule has 1 aliphatic rings. The standard InChI is InChI=1S/C28H25F3N2O5/c29-28(30,31)22-8-4-9-23(16-22)33(32-17-20-6-2-1-3-7-20)26(34)19-38-27(35)21-11-13-24(14-12-21)37-18-25-10-5-15-36-25/h1-4,6-9,11-14,16-17,25H,5,10,15,18-19H2. The lowest BCUT2D eigenvalue weighted by Gasteiger charge is -2.18. The Morgan fingerprint density at radius 1 is 1.03 bits per heavy atom. The third-order valence-corrected chi connectivity index (χ3v) is 5.65. The molecule has 0 spiro atoms. The van der Waals surface area contributed by atoms with Gasteiger partial charge in [0.2, 0.25) is 0 Å². The van der Waals surface area contributed by atoms with E-state index in [1.807, 2.05) is 0 Å². The molecule has 1 unspecified atom stereocenters. The lowest BCUT2D eigenvalue weighted by Crippen LogP contribution is -2.31. The number of hydrogen-bond acceptors (Lipinski definition) is 6. The molecule has 4 rings (SSSR count). The smallest absolute Gasteiger partial charge is 0.416 e. The largest absolute Gasteiger partial charge is 0.491 e. The van der Waals surface area contributed by atoms with E-state index in [0.29, 0.717) is 17.9 Å². The van der Waals surface area contributed by atoms with Gasteiger partial charge < -0.3 is 14.2 Å². The molecule has 198 valence electrons. The lowest BCUT2D eigenvalue weighted by atomic mass is 10.2. The maximum atomic E-state index is 13.3. The Labute approximate surface area is 217 Å². The minimum absolute atomic E-state index is 0.0509. The number of benzene rings is 3. The SMILES string of the molecule is O=C(OCC(=O)N(N=Cc1ccccc1)c1cccc(C(F)(F)F)c1)c1ccc(OCC2CCCO2)cc1. The highest BCUT2D eigenvalue weighted by Crippen LogP contribution is 2.32. The summed E-state index contributed by atoms with van der Waals surface area (Å²) in [6, 6.07) is 19.1. The van der Waals surface area contributed by atoms with E-state index >= 15 is 0 Å². The molecule has 3 aromatic rings. The average Bonchev–Trinajstić information content (AvgIpc) is 3.45. The van der Waals surface area contributed by atoms with Crippen LogP contribution < -0.4 is 9.75 Å². The fourth-order valence-electron chi connectivity index (χ4n) is 3.68. The van der Waals surface area contributed by atoms with Crippen molar-refractivity contribution in [3.8, 4) is 5.75 Å². The van der Waals surface area contributed by atoms with Crippen molar-refractivity contribution < 1.29 is 37.0 Å². The summed E-state index contributed by atoms with van der Waals surface area (Å²) in [7, 11) is 0. The quantitative estimate of drug-likeness (QED) is 0.209. The molecule has 1 aliphatic heterocycles. The predicted molar refractivity (Wildman–Crippen MR) is 134 cm³/mol. The molecule has 0 aliphatic carbocycles. The van der Waals surface area contributed by atoms with Gasteiger partial charge in [-0.1, -0.05) is 36.4 Å². The van der Waals surface area contributed by atoms with Crippen LogP contribution in [0.4, 0.5) is 18.9 Å². The molecular formula is C28H25F3N2O5. The number of anilines is 1. The van der Waals surface area contributed by atoms with E-state index in [1.54, 1.807) is 42.5 Å². The molecule has 0 aromatic heterocycles. The van der Waals surface area contributed by atoms with Crippen molar-refractivity contribution in [2.45, 2.75) is 25.1 Å². The number of esters is 1. The van der Waals surface area contributed by atoms with Gasteiger partial charge in [0, 0.05) is 6.61 Å². The number of hydrazone groups is 1. The highest BCUT2D eigenvalue weighted by molar-refractivity contribution is 5.98. The molecule has 1 fully saturated rings. The number of rotatable bonds is 9. The molecule has 1 heterocycles. The second-order valence-corrected chi connectivity index (χ2v) is 8.46. The van der Waals surface area contributed by atoms with Crippen molar-refractivity contribution in [3.05, 3.63) is 95.6 Å². The molecule has 0 radical (unpaired) electrons. The number of carbonyl (C=O) groups excluding carboxylic acids is 2. The molecule has 7 nitrogen and oxygen atoms in total. The van der Waals surface area contributed by atoms with Crippen molar-refractivity contribution in [2.75, 3.05) is 24.8 Å². The van der Waals surface area contributed by atoms with Gasteiger partial charge in [-0.05, 0) is 60.9 Å². The molecular weight excluding hydrogens is 501 g/mol. The summed E-state index contributed by atoms with van der Waals surface area (Å²) < 4.78 is 56.1. The monoisotopic (exact) mass is 526 g/mol. The van der Waals surface area contributed by atoms with Gasteiger partial charge in [0.1, 0.15) is 12.4 Å². The first-order chi connectivity index (χ1) is 18.3. The van der Waals surface area contributed by atoms with Crippen LogP contribution in [-0.4, -0.2) is 44.0 Å². The van der Waals surface area contributed by atoms with Crippen LogP contribution in [-0.2, 0) is 20.4 Å². The highest BCUT2D eigenvalue weighted by Gasteiger charge is 2.31. The zero-order valence-electron chi connectivity index (χ0n) is 20.3. The van der Waals surface area contributed by atoms with Crippen LogP contribution in [0.2, 0.25) is 0 Å². The molecule has 3 aromatic carbocycles. The van der Waals surface area contributed by atoms with Crippen LogP contribution in [0.25, 0.3) is 0 Å². The normalized spacial score (nSPS) is 15.4. The van der Waals surface area contributed by atoms with E-state index in [1.165, 1.54) is 30.5 Å². The van der Waals surface area contributed by atoms with E-state index < -0.39 is 30.2 Å². The Bertz CT molecular complexity index is 1260. The van der Waals surface area contributed by atoms with Crippen LogP contribution in [0.5, 0.6) is 5.75 Å². The Morgan fingerprint density at radius 2 is 1.79 bits per heavy atom. The fourth-order valence-corrected chi connectivity index (χ4v) is 3.68. The third kappa shape index (κ3) is 7.42. The summed E-state index contributed by atoms with van der Waals surface area (Å²) in [5, 5.41) is 4.85. The number of ether oxygens (including phenoxy) is 3. The summed E-state index contributed by atoms with van der Waals surface area (Å²) in [5.74, 6) is -1.06. The molecule has 1 saturated heterocycles. The summed E-state index contributed by atoms with van der Waals surface area (Å²) in [6.45, 7) is 0.395. The Balaban J connectivity index is 1.42. The van der Waals surface area contributed by atoms with Gasteiger partial charge in [-0.2, -0.15) is 23.3 Å². The van der Waals surface area contributed by atoms with E-state index in [4.69, 9.17) is 14.2 Å². The van der Waals surface area contributed by atoms with Crippen molar-refractivity contribution in [3.63, 3.8) is 0 Å². The molecule has 0 bridgehead atoms. The van der Waals surface area contributed by atoms with Gasteiger partial charge in [0.15, 0.2) is 6.61 Å². The summed E-state index contributed by atoms with van der Waals surface area (Å²) in [5.41, 5.74) is -0.265. The van der Waals surface area contributed by atoms with Crippen molar-refractivity contribution in [2.24, 2.45) is 5.10 Å². The number of carbonyl (C=O) groups is 2. The van der Waals surface area contributed by atoms with E-state index in [2.05, 4.69) is 5.10 Å². The number of amides is 1. The summed E-state index contributed by atoms with van der Waals surface area (Å²) in [4.78, 5) is 25.5. The molecule has 38 heavy (non-hydrogen) atoms. The number of nitrogens with zero attached hydrogens (tertiary/aromatic N) is 2. The van der Waals surface area contributed by atoms with Crippen LogP contribution >= 0.6 is 0 Å². The zero-order chi connectivity index (χ0) is 27.0. The van der Waals surface area contributed by atoms with Crippen molar-refractivity contribution in [1.82, 2.24) is 0 Å². The molecule has 0 N–H and O–H groups in total. The van der Waals surface area contributed by atoms with Gasteiger partial charge in [-0.15, -0.1) is 0 Å². The van der Waals surface area contributed by atoms with Gasteiger partial charge in [0.25, 0.3) is 5.91 Å². The first-order valence-corrected chi connectivity index (χ1v) is 11.9.